The number of aliphatic hydroxyl groups is 1. The molecule has 4 heteroatoms. The molecule has 0 aliphatic rings. The fraction of sp³-hybridized carbons (Fsp3) is 0.529. The van der Waals surface area contributed by atoms with Crippen LogP contribution >= 0.6 is 0 Å². The first-order valence-electron chi connectivity index (χ1n) is 7.17. The van der Waals surface area contributed by atoms with Crippen molar-refractivity contribution in [3.8, 4) is 17.6 Å². The third-order valence-electron chi connectivity index (χ3n) is 2.79. The van der Waals surface area contributed by atoms with Crippen molar-refractivity contribution in [2.45, 2.75) is 19.8 Å². The second-order valence-corrected chi connectivity index (χ2v) is 4.56. The molecule has 21 heavy (non-hydrogen) atoms. The van der Waals surface area contributed by atoms with E-state index in [1.54, 1.807) is 7.11 Å². The molecule has 1 aromatic rings. The van der Waals surface area contributed by atoms with E-state index >= 15 is 0 Å². The van der Waals surface area contributed by atoms with Crippen LogP contribution in [0.3, 0.4) is 0 Å². The fourth-order valence-electron chi connectivity index (χ4n) is 1.71. The molecular formula is C17H24O4. The summed E-state index contributed by atoms with van der Waals surface area (Å²) in [4.78, 5) is 0. The molecule has 0 bridgehead atoms. The normalized spacial score (nSPS) is 10.0. The third kappa shape index (κ3) is 7.72. The van der Waals surface area contributed by atoms with Gasteiger partial charge in [0.1, 0.15) is 12.4 Å². The predicted molar refractivity (Wildman–Crippen MR) is 82.6 cm³/mol. The highest BCUT2D eigenvalue weighted by Crippen LogP contribution is 2.16. The molecule has 0 heterocycles. The van der Waals surface area contributed by atoms with E-state index in [9.17, 15) is 0 Å². The molecule has 0 aliphatic heterocycles. The van der Waals surface area contributed by atoms with E-state index in [4.69, 9.17) is 19.3 Å². The van der Waals surface area contributed by atoms with Gasteiger partial charge in [-0.05, 0) is 37.1 Å². The number of benzene rings is 1. The quantitative estimate of drug-likeness (QED) is 0.560. The highest BCUT2D eigenvalue weighted by molar-refractivity contribution is 5.44. The molecule has 0 spiro atoms. The SMILES string of the molecule is COCCCOCCOc1ccc(C#CCCO)c(C)c1. The van der Waals surface area contributed by atoms with Crippen LogP contribution in [0.25, 0.3) is 0 Å². The van der Waals surface area contributed by atoms with Gasteiger partial charge in [0.15, 0.2) is 0 Å². The van der Waals surface area contributed by atoms with Crippen molar-refractivity contribution in [2.75, 3.05) is 40.1 Å². The summed E-state index contributed by atoms with van der Waals surface area (Å²) in [6.07, 6.45) is 1.40. The second kappa shape index (κ2) is 11.2. The van der Waals surface area contributed by atoms with Gasteiger partial charge in [0.2, 0.25) is 0 Å². The van der Waals surface area contributed by atoms with Crippen molar-refractivity contribution in [1.82, 2.24) is 0 Å². The summed E-state index contributed by atoms with van der Waals surface area (Å²) in [7, 11) is 1.68. The minimum absolute atomic E-state index is 0.0949. The molecule has 4 nitrogen and oxygen atoms in total. The molecule has 0 unspecified atom stereocenters. The lowest BCUT2D eigenvalue weighted by molar-refractivity contribution is 0.0806. The van der Waals surface area contributed by atoms with Crippen molar-refractivity contribution in [3.63, 3.8) is 0 Å². The molecule has 1 rings (SSSR count). The molecule has 1 aromatic carbocycles. The Kier molecular flexibility index (Phi) is 9.30. The van der Waals surface area contributed by atoms with Crippen molar-refractivity contribution in [3.05, 3.63) is 29.3 Å². The van der Waals surface area contributed by atoms with E-state index in [2.05, 4.69) is 11.8 Å². The van der Waals surface area contributed by atoms with Crippen molar-refractivity contribution < 1.29 is 19.3 Å². The van der Waals surface area contributed by atoms with E-state index in [0.717, 1.165) is 29.9 Å². The zero-order valence-electron chi connectivity index (χ0n) is 12.9. The lowest BCUT2D eigenvalue weighted by Crippen LogP contribution is -2.08. The maximum absolute atomic E-state index is 8.70. The molecule has 0 saturated heterocycles. The highest BCUT2D eigenvalue weighted by atomic mass is 16.5. The van der Waals surface area contributed by atoms with E-state index in [1.807, 2.05) is 25.1 Å². The number of aryl methyl sites for hydroxylation is 1. The van der Waals surface area contributed by atoms with Gasteiger partial charge in [-0.3, -0.25) is 0 Å². The number of hydrogen-bond acceptors (Lipinski definition) is 4. The van der Waals surface area contributed by atoms with Crippen LogP contribution in [-0.2, 0) is 9.47 Å². The molecule has 0 amide bonds. The number of methoxy groups -OCH3 is 1. The summed E-state index contributed by atoms with van der Waals surface area (Å²) in [5, 5.41) is 8.70. The molecule has 0 fully saturated rings. The van der Waals surface area contributed by atoms with Gasteiger partial charge < -0.3 is 19.3 Å². The van der Waals surface area contributed by atoms with E-state index in [1.165, 1.54) is 0 Å². The number of ether oxygens (including phenoxy) is 3. The summed E-state index contributed by atoms with van der Waals surface area (Å²) in [6, 6.07) is 5.81. The van der Waals surface area contributed by atoms with Crippen LogP contribution in [0.2, 0.25) is 0 Å². The summed E-state index contributed by atoms with van der Waals surface area (Å²) in [5.41, 5.74) is 2.03. The van der Waals surface area contributed by atoms with Gasteiger partial charge >= 0.3 is 0 Å². The fourth-order valence-corrected chi connectivity index (χ4v) is 1.71. The summed E-state index contributed by atoms with van der Waals surface area (Å²) >= 11 is 0. The van der Waals surface area contributed by atoms with Crippen LogP contribution in [-0.4, -0.2) is 45.3 Å². The summed E-state index contributed by atoms with van der Waals surface area (Å²) in [5.74, 6) is 6.77. The first kappa shape index (κ1) is 17.5. The number of aliphatic hydroxyl groups excluding tert-OH is 1. The first-order chi connectivity index (χ1) is 10.3. The van der Waals surface area contributed by atoms with E-state index in [0.29, 0.717) is 26.2 Å². The van der Waals surface area contributed by atoms with Gasteiger partial charge in [-0.25, -0.2) is 0 Å². The van der Waals surface area contributed by atoms with Crippen molar-refractivity contribution >= 4 is 0 Å². The largest absolute Gasteiger partial charge is 0.491 e. The van der Waals surface area contributed by atoms with Crippen LogP contribution in [0.15, 0.2) is 18.2 Å². The Balaban J connectivity index is 2.30. The third-order valence-corrected chi connectivity index (χ3v) is 2.79. The van der Waals surface area contributed by atoms with Crippen molar-refractivity contribution in [1.29, 1.82) is 0 Å². The predicted octanol–water partition coefficient (Wildman–Crippen LogP) is 2.16. The topological polar surface area (TPSA) is 47.9 Å². The maximum Gasteiger partial charge on any atom is 0.119 e. The van der Waals surface area contributed by atoms with Crippen LogP contribution in [0, 0.1) is 18.8 Å². The van der Waals surface area contributed by atoms with Gasteiger partial charge in [0.05, 0.1) is 13.2 Å². The van der Waals surface area contributed by atoms with E-state index in [-0.39, 0.29) is 6.61 Å². The van der Waals surface area contributed by atoms with Gasteiger partial charge in [-0.15, -0.1) is 0 Å². The summed E-state index contributed by atoms with van der Waals surface area (Å²) < 4.78 is 16.0. The Morgan fingerprint density at radius 2 is 2.00 bits per heavy atom. The van der Waals surface area contributed by atoms with Crippen LogP contribution < -0.4 is 4.74 Å². The van der Waals surface area contributed by atoms with E-state index < -0.39 is 0 Å². The van der Waals surface area contributed by atoms with Crippen LogP contribution in [0.4, 0.5) is 0 Å². The molecule has 0 radical (unpaired) electrons. The highest BCUT2D eigenvalue weighted by Gasteiger charge is 1.99. The minimum Gasteiger partial charge on any atom is -0.491 e. The zero-order chi connectivity index (χ0) is 15.3. The number of rotatable bonds is 9. The Morgan fingerprint density at radius 3 is 2.71 bits per heavy atom. The minimum atomic E-state index is 0.0949. The Hall–Kier alpha value is -1.54. The molecule has 0 atom stereocenters. The average Bonchev–Trinajstić information content (AvgIpc) is 2.48. The molecule has 116 valence electrons. The zero-order valence-corrected chi connectivity index (χ0v) is 12.9. The van der Waals surface area contributed by atoms with Gasteiger partial charge in [0, 0.05) is 32.3 Å². The average molecular weight is 292 g/mol. The molecule has 1 N–H and O–H groups in total. The van der Waals surface area contributed by atoms with Gasteiger partial charge in [0.25, 0.3) is 0 Å². The van der Waals surface area contributed by atoms with Gasteiger partial charge in [-0.1, -0.05) is 11.8 Å². The first-order valence-corrected chi connectivity index (χ1v) is 7.17. The lowest BCUT2D eigenvalue weighted by atomic mass is 10.1. The monoisotopic (exact) mass is 292 g/mol. The molecular weight excluding hydrogens is 268 g/mol. The molecule has 0 aliphatic carbocycles. The van der Waals surface area contributed by atoms with Crippen molar-refractivity contribution in [2.24, 2.45) is 0 Å². The smallest absolute Gasteiger partial charge is 0.119 e. The summed E-state index contributed by atoms with van der Waals surface area (Å²) in [6.45, 7) is 4.60. The second-order valence-electron chi connectivity index (χ2n) is 4.56. The molecule has 0 saturated carbocycles. The lowest BCUT2D eigenvalue weighted by Gasteiger charge is -2.08. The Morgan fingerprint density at radius 1 is 1.14 bits per heavy atom. The number of hydrogen-bond donors (Lipinski definition) is 1. The van der Waals surface area contributed by atoms with Crippen LogP contribution in [0.1, 0.15) is 24.0 Å². The van der Waals surface area contributed by atoms with Gasteiger partial charge in [-0.2, -0.15) is 0 Å². The maximum atomic E-state index is 8.70. The van der Waals surface area contributed by atoms with Crippen LogP contribution in [0.5, 0.6) is 5.75 Å². The molecule has 0 aromatic heterocycles. The standard InChI is InChI=1S/C17H24O4/c1-15-14-17(8-7-16(15)6-3-4-9-18)21-13-12-20-11-5-10-19-2/h7-8,14,18H,4-5,9-13H2,1-2H3. The Labute approximate surface area is 127 Å². The Bertz CT molecular complexity index is 460.